The van der Waals surface area contributed by atoms with Crippen molar-refractivity contribution >= 4 is 5.69 Å². The molecule has 1 aromatic carbocycles. The van der Waals surface area contributed by atoms with Gasteiger partial charge in [-0.05, 0) is 19.1 Å². The van der Waals surface area contributed by atoms with Crippen molar-refractivity contribution in [3.63, 3.8) is 0 Å². The third kappa shape index (κ3) is 10.3. The van der Waals surface area contributed by atoms with Crippen molar-refractivity contribution in [1.82, 2.24) is 0 Å². The van der Waals surface area contributed by atoms with Crippen LogP contribution in [0, 0.1) is 0 Å². The molecule has 120 valence electrons. The Hall–Kier alpha value is -1.14. The summed E-state index contributed by atoms with van der Waals surface area (Å²) in [7, 11) is 1.66. The molecule has 0 saturated heterocycles. The highest BCUT2D eigenvalue weighted by atomic mass is 16.6. The molecule has 0 amide bonds. The van der Waals surface area contributed by atoms with Gasteiger partial charge in [0.25, 0.3) is 0 Å². The lowest BCUT2D eigenvalue weighted by atomic mass is 10.3. The van der Waals surface area contributed by atoms with Gasteiger partial charge in [-0.2, -0.15) is 0 Å². The number of hydrogen-bond acceptors (Lipinski definition) is 5. The lowest BCUT2D eigenvalue weighted by Crippen LogP contribution is -2.22. The predicted molar refractivity (Wildman–Crippen MR) is 83.9 cm³/mol. The molecule has 0 radical (unpaired) electrons. The lowest BCUT2D eigenvalue weighted by Gasteiger charge is -2.15. The van der Waals surface area contributed by atoms with E-state index in [4.69, 9.17) is 18.9 Å². The molecular weight excluding hydrogens is 270 g/mol. The largest absolute Gasteiger partial charge is 0.382 e. The smallest absolute Gasteiger partial charge is 0.0720 e. The van der Waals surface area contributed by atoms with E-state index in [1.165, 1.54) is 0 Å². The van der Waals surface area contributed by atoms with Crippen molar-refractivity contribution in [3.8, 4) is 0 Å². The van der Waals surface area contributed by atoms with Gasteiger partial charge in [-0.15, -0.1) is 0 Å². The zero-order chi connectivity index (χ0) is 15.2. The highest BCUT2D eigenvalue weighted by Crippen LogP contribution is 2.05. The third-order valence-corrected chi connectivity index (χ3v) is 2.80. The van der Waals surface area contributed by atoms with E-state index in [-0.39, 0.29) is 6.10 Å². The van der Waals surface area contributed by atoms with Crippen molar-refractivity contribution in [2.24, 2.45) is 0 Å². The van der Waals surface area contributed by atoms with E-state index in [0.717, 1.165) is 12.2 Å². The Balaban J connectivity index is 1.88. The normalized spacial score (nSPS) is 12.3. The standard InChI is InChI=1S/C16H27NO4/c1-15(14-17-16-6-4-3-5-7-16)21-13-12-20-11-10-19-9-8-18-2/h3-7,15,17H,8-14H2,1-2H3. The first-order chi connectivity index (χ1) is 10.3. The zero-order valence-electron chi connectivity index (χ0n) is 13.0. The molecule has 1 N–H and O–H groups in total. The second kappa shape index (κ2) is 12.6. The van der Waals surface area contributed by atoms with Gasteiger partial charge in [0.2, 0.25) is 0 Å². The maximum Gasteiger partial charge on any atom is 0.0720 e. The Morgan fingerprint density at radius 3 is 2.19 bits per heavy atom. The molecule has 1 atom stereocenters. The summed E-state index contributed by atoms with van der Waals surface area (Å²) in [5, 5.41) is 3.33. The summed E-state index contributed by atoms with van der Waals surface area (Å²) in [6.45, 7) is 6.42. The lowest BCUT2D eigenvalue weighted by molar-refractivity contribution is -0.00924. The second-order valence-corrected chi connectivity index (χ2v) is 4.65. The van der Waals surface area contributed by atoms with Crippen molar-refractivity contribution < 1.29 is 18.9 Å². The van der Waals surface area contributed by atoms with Crippen LogP contribution in [0.1, 0.15) is 6.92 Å². The molecule has 5 heteroatoms. The molecule has 21 heavy (non-hydrogen) atoms. The number of methoxy groups -OCH3 is 1. The van der Waals surface area contributed by atoms with Gasteiger partial charge in [0.1, 0.15) is 0 Å². The van der Waals surface area contributed by atoms with Crippen LogP contribution < -0.4 is 5.32 Å². The molecule has 5 nitrogen and oxygen atoms in total. The van der Waals surface area contributed by atoms with E-state index >= 15 is 0 Å². The molecule has 0 spiro atoms. The average molecular weight is 297 g/mol. The van der Waals surface area contributed by atoms with E-state index in [1.54, 1.807) is 7.11 Å². The van der Waals surface area contributed by atoms with Crippen LogP contribution in [0.15, 0.2) is 30.3 Å². The van der Waals surface area contributed by atoms with Crippen molar-refractivity contribution in [2.75, 3.05) is 58.6 Å². The molecule has 0 bridgehead atoms. The van der Waals surface area contributed by atoms with Crippen LogP contribution in [0.2, 0.25) is 0 Å². The Bertz CT molecular complexity index is 334. The highest BCUT2D eigenvalue weighted by molar-refractivity contribution is 5.42. The Morgan fingerprint density at radius 2 is 1.52 bits per heavy atom. The zero-order valence-corrected chi connectivity index (χ0v) is 13.0. The molecule has 0 saturated carbocycles. The minimum absolute atomic E-state index is 0.145. The van der Waals surface area contributed by atoms with Crippen LogP contribution >= 0.6 is 0 Å². The summed E-state index contributed by atoms with van der Waals surface area (Å²) in [5.74, 6) is 0. The molecule has 0 aliphatic heterocycles. The SMILES string of the molecule is COCCOCCOCCOC(C)CNc1ccccc1. The molecule has 0 heterocycles. The summed E-state index contributed by atoms with van der Waals surface area (Å²) in [4.78, 5) is 0. The van der Waals surface area contributed by atoms with Gasteiger partial charge in [0, 0.05) is 19.3 Å². The number of ether oxygens (including phenoxy) is 4. The first-order valence-corrected chi connectivity index (χ1v) is 7.38. The van der Waals surface area contributed by atoms with E-state index in [9.17, 15) is 0 Å². The van der Waals surface area contributed by atoms with Crippen LogP contribution in [0.4, 0.5) is 5.69 Å². The molecule has 1 rings (SSSR count). The first-order valence-electron chi connectivity index (χ1n) is 7.38. The molecular formula is C16H27NO4. The highest BCUT2D eigenvalue weighted by Gasteiger charge is 2.01. The number of anilines is 1. The fraction of sp³-hybridized carbons (Fsp3) is 0.625. The maximum absolute atomic E-state index is 5.66. The van der Waals surface area contributed by atoms with E-state index < -0.39 is 0 Å². The first kappa shape index (κ1) is 17.9. The minimum atomic E-state index is 0.145. The van der Waals surface area contributed by atoms with E-state index in [1.807, 2.05) is 37.3 Å². The number of benzene rings is 1. The van der Waals surface area contributed by atoms with Crippen LogP contribution in [0.5, 0.6) is 0 Å². The van der Waals surface area contributed by atoms with Gasteiger partial charge in [-0.25, -0.2) is 0 Å². The number of para-hydroxylation sites is 1. The molecule has 0 aliphatic rings. The topological polar surface area (TPSA) is 49.0 Å². The van der Waals surface area contributed by atoms with Crippen molar-refractivity contribution in [2.45, 2.75) is 13.0 Å². The van der Waals surface area contributed by atoms with Crippen LogP contribution in [0.3, 0.4) is 0 Å². The fourth-order valence-electron chi connectivity index (χ4n) is 1.65. The molecule has 0 fully saturated rings. The van der Waals surface area contributed by atoms with Gasteiger partial charge in [0.15, 0.2) is 0 Å². The van der Waals surface area contributed by atoms with E-state index in [2.05, 4.69) is 5.32 Å². The number of nitrogens with one attached hydrogen (secondary N) is 1. The third-order valence-electron chi connectivity index (χ3n) is 2.80. The average Bonchev–Trinajstić information content (AvgIpc) is 2.52. The number of hydrogen-bond donors (Lipinski definition) is 1. The van der Waals surface area contributed by atoms with Gasteiger partial charge in [-0.1, -0.05) is 18.2 Å². The summed E-state index contributed by atoms with van der Waals surface area (Å²) < 4.78 is 21.2. The van der Waals surface area contributed by atoms with Crippen LogP contribution in [-0.2, 0) is 18.9 Å². The Kier molecular flexibility index (Phi) is 10.7. The van der Waals surface area contributed by atoms with Gasteiger partial charge >= 0.3 is 0 Å². The van der Waals surface area contributed by atoms with Gasteiger partial charge in [-0.3, -0.25) is 0 Å². The second-order valence-electron chi connectivity index (χ2n) is 4.65. The predicted octanol–water partition coefficient (Wildman–Crippen LogP) is 2.18. The molecule has 1 unspecified atom stereocenters. The summed E-state index contributed by atoms with van der Waals surface area (Å²) in [5.41, 5.74) is 1.11. The molecule has 1 aromatic rings. The number of rotatable bonds is 13. The summed E-state index contributed by atoms with van der Waals surface area (Å²) in [6, 6.07) is 10.1. The van der Waals surface area contributed by atoms with Gasteiger partial charge < -0.3 is 24.3 Å². The summed E-state index contributed by atoms with van der Waals surface area (Å²) in [6.07, 6.45) is 0.145. The quantitative estimate of drug-likeness (QED) is 0.566. The molecule has 0 aliphatic carbocycles. The van der Waals surface area contributed by atoms with Crippen LogP contribution in [-0.4, -0.2) is 59.4 Å². The van der Waals surface area contributed by atoms with Gasteiger partial charge in [0.05, 0.1) is 45.7 Å². The Labute approximate surface area is 127 Å². The summed E-state index contributed by atoms with van der Waals surface area (Å²) >= 11 is 0. The van der Waals surface area contributed by atoms with Crippen molar-refractivity contribution in [1.29, 1.82) is 0 Å². The van der Waals surface area contributed by atoms with Crippen LogP contribution in [0.25, 0.3) is 0 Å². The van der Waals surface area contributed by atoms with Crippen molar-refractivity contribution in [3.05, 3.63) is 30.3 Å². The van der Waals surface area contributed by atoms with E-state index in [0.29, 0.717) is 39.6 Å². The molecule has 0 aromatic heterocycles. The Morgan fingerprint density at radius 1 is 0.905 bits per heavy atom. The minimum Gasteiger partial charge on any atom is -0.382 e. The fourth-order valence-corrected chi connectivity index (χ4v) is 1.65. The monoisotopic (exact) mass is 297 g/mol. The maximum atomic E-state index is 5.66.